The molecule has 0 unspecified atom stereocenters. The Morgan fingerprint density at radius 3 is 1.89 bits per heavy atom. The first-order valence-corrected chi connectivity index (χ1v) is 9.81. The van der Waals surface area contributed by atoms with Crippen molar-refractivity contribution in [3.8, 4) is 11.1 Å². The molecule has 0 bridgehead atoms. The molecule has 3 aromatic carbocycles. The summed E-state index contributed by atoms with van der Waals surface area (Å²) < 4.78 is 0. The SMILES string of the molecule is CC(C)(C1=CC(c2ccccc2)=CC1)C1c2ccccc2-c2ccccc21. The molecule has 0 amide bonds. The molecule has 2 aliphatic carbocycles. The average molecular weight is 348 g/mol. The van der Waals surface area contributed by atoms with Crippen molar-refractivity contribution in [3.05, 3.63) is 113 Å². The van der Waals surface area contributed by atoms with E-state index in [0.29, 0.717) is 5.92 Å². The number of allylic oxidation sites excluding steroid dienone is 4. The van der Waals surface area contributed by atoms with Crippen LogP contribution in [0.5, 0.6) is 0 Å². The van der Waals surface area contributed by atoms with Crippen LogP contribution in [-0.2, 0) is 0 Å². The quantitative estimate of drug-likeness (QED) is 0.468. The summed E-state index contributed by atoms with van der Waals surface area (Å²) in [6.45, 7) is 4.84. The normalized spacial score (nSPS) is 15.9. The van der Waals surface area contributed by atoms with Gasteiger partial charge in [0.15, 0.2) is 0 Å². The van der Waals surface area contributed by atoms with E-state index in [1.54, 1.807) is 0 Å². The van der Waals surface area contributed by atoms with Gasteiger partial charge in [-0.25, -0.2) is 0 Å². The highest BCUT2D eigenvalue weighted by molar-refractivity contribution is 5.81. The Kier molecular flexibility index (Phi) is 3.68. The Bertz CT molecular complexity index is 1020. The average Bonchev–Trinajstić information content (AvgIpc) is 3.33. The lowest BCUT2D eigenvalue weighted by molar-refractivity contribution is 0.388. The van der Waals surface area contributed by atoms with Gasteiger partial charge >= 0.3 is 0 Å². The molecule has 0 nitrogen and oxygen atoms in total. The molecule has 0 saturated heterocycles. The molecule has 0 fully saturated rings. The van der Waals surface area contributed by atoms with Crippen LogP contribution in [0.15, 0.2) is 96.6 Å². The third-order valence-electron chi connectivity index (χ3n) is 6.36. The minimum Gasteiger partial charge on any atom is -0.0726 e. The summed E-state index contributed by atoms with van der Waals surface area (Å²) in [5, 5.41) is 0. The Balaban J connectivity index is 1.59. The first-order valence-electron chi connectivity index (χ1n) is 9.81. The van der Waals surface area contributed by atoms with Crippen molar-refractivity contribution in [1.82, 2.24) is 0 Å². The molecule has 0 radical (unpaired) electrons. The highest BCUT2D eigenvalue weighted by atomic mass is 14.4. The van der Waals surface area contributed by atoms with E-state index in [2.05, 4.69) is 105 Å². The third-order valence-corrected chi connectivity index (χ3v) is 6.36. The second-order valence-electron chi connectivity index (χ2n) is 8.23. The summed E-state index contributed by atoms with van der Waals surface area (Å²) in [5.41, 5.74) is 10.0. The molecule has 0 heteroatoms. The van der Waals surface area contributed by atoms with Crippen molar-refractivity contribution in [3.63, 3.8) is 0 Å². The van der Waals surface area contributed by atoms with E-state index >= 15 is 0 Å². The standard InChI is InChI=1S/C27H24/c1-27(2,21-17-16-20(18-21)19-10-4-3-5-11-19)26-24-14-8-6-12-22(24)23-13-7-9-15-25(23)26/h3-16,18,26H,17H2,1-2H3. The summed E-state index contributed by atoms with van der Waals surface area (Å²) in [6, 6.07) is 28.6. The minimum atomic E-state index is 0.0652. The molecule has 3 aromatic rings. The first kappa shape index (κ1) is 16.3. The number of hydrogen-bond acceptors (Lipinski definition) is 0. The molecular formula is C27H24. The molecule has 132 valence electrons. The predicted octanol–water partition coefficient (Wildman–Crippen LogP) is 7.24. The molecular weight excluding hydrogens is 324 g/mol. The molecule has 0 N–H and O–H groups in total. The maximum absolute atomic E-state index is 2.43. The Morgan fingerprint density at radius 1 is 0.704 bits per heavy atom. The van der Waals surface area contributed by atoms with E-state index in [9.17, 15) is 0 Å². The number of rotatable bonds is 3. The van der Waals surface area contributed by atoms with Crippen LogP contribution >= 0.6 is 0 Å². The van der Waals surface area contributed by atoms with Gasteiger partial charge in [-0.05, 0) is 45.2 Å². The van der Waals surface area contributed by atoms with Crippen LogP contribution < -0.4 is 0 Å². The topological polar surface area (TPSA) is 0 Å². The zero-order valence-corrected chi connectivity index (χ0v) is 15.9. The predicted molar refractivity (Wildman–Crippen MR) is 115 cm³/mol. The second-order valence-corrected chi connectivity index (χ2v) is 8.23. The summed E-state index contributed by atoms with van der Waals surface area (Å²) in [4.78, 5) is 0. The van der Waals surface area contributed by atoms with Gasteiger partial charge in [-0.2, -0.15) is 0 Å². The second kappa shape index (κ2) is 6.09. The highest BCUT2D eigenvalue weighted by Gasteiger charge is 2.41. The van der Waals surface area contributed by atoms with Crippen LogP contribution in [0.25, 0.3) is 16.7 Å². The van der Waals surface area contributed by atoms with Gasteiger partial charge in [0.05, 0.1) is 0 Å². The van der Waals surface area contributed by atoms with Gasteiger partial charge in [0.1, 0.15) is 0 Å². The van der Waals surface area contributed by atoms with Crippen LogP contribution in [0, 0.1) is 5.41 Å². The minimum absolute atomic E-state index is 0.0652. The molecule has 0 saturated carbocycles. The van der Waals surface area contributed by atoms with E-state index in [-0.39, 0.29) is 5.41 Å². The maximum atomic E-state index is 2.43. The summed E-state index contributed by atoms with van der Waals surface area (Å²) in [7, 11) is 0. The van der Waals surface area contributed by atoms with Crippen molar-refractivity contribution < 1.29 is 0 Å². The van der Waals surface area contributed by atoms with Crippen molar-refractivity contribution in [1.29, 1.82) is 0 Å². The van der Waals surface area contributed by atoms with Crippen LogP contribution in [0.3, 0.4) is 0 Å². The van der Waals surface area contributed by atoms with Gasteiger partial charge in [-0.15, -0.1) is 0 Å². The zero-order valence-electron chi connectivity index (χ0n) is 15.9. The van der Waals surface area contributed by atoms with E-state index in [0.717, 1.165) is 6.42 Å². The van der Waals surface area contributed by atoms with Crippen LogP contribution in [0.4, 0.5) is 0 Å². The summed E-state index contributed by atoms with van der Waals surface area (Å²) in [5.74, 6) is 0.402. The fraction of sp³-hybridized carbons (Fsp3) is 0.185. The molecule has 0 aliphatic heterocycles. The first-order chi connectivity index (χ1) is 13.2. The lowest BCUT2D eigenvalue weighted by Gasteiger charge is -2.35. The molecule has 5 rings (SSSR count). The molecule has 0 aromatic heterocycles. The van der Waals surface area contributed by atoms with E-state index in [1.807, 2.05) is 0 Å². The van der Waals surface area contributed by atoms with Gasteiger partial charge in [0, 0.05) is 5.92 Å². The molecule has 0 spiro atoms. The van der Waals surface area contributed by atoms with Gasteiger partial charge in [0.25, 0.3) is 0 Å². The Morgan fingerprint density at radius 2 is 1.26 bits per heavy atom. The number of benzene rings is 3. The fourth-order valence-electron chi connectivity index (χ4n) is 4.92. The maximum Gasteiger partial charge on any atom is 0.0190 e. The molecule has 0 atom stereocenters. The van der Waals surface area contributed by atoms with Gasteiger partial charge < -0.3 is 0 Å². The molecule has 2 aliphatic rings. The Hall–Kier alpha value is -2.86. The van der Waals surface area contributed by atoms with Crippen LogP contribution in [0.1, 0.15) is 42.9 Å². The van der Waals surface area contributed by atoms with Crippen molar-refractivity contribution in [2.75, 3.05) is 0 Å². The van der Waals surface area contributed by atoms with Crippen molar-refractivity contribution >= 4 is 5.57 Å². The number of fused-ring (bicyclic) bond motifs is 3. The molecule has 0 heterocycles. The van der Waals surface area contributed by atoms with Gasteiger partial charge in [-0.1, -0.05) is 110 Å². The summed E-state index contributed by atoms with van der Waals surface area (Å²) >= 11 is 0. The zero-order chi connectivity index (χ0) is 18.4. The largest absolute Gasteiger partial charge is 0.0726 e. The number of hydrogen-bond donors (Lipinski definition) is 0. The highest BCUT2D eigenvalue weighted by Crippen LogP contribution is 2.56. The van der Waals surface area contributed by atoms with Crippen molar-refractivity contribution in [2.24, 2.45) is 5.41 Å². The van der Waals surface area contributed by atoms with E-state index in [1.165, 1.54) is 39.0 Å². The van der Waals surface area contributed by atoms with Gasteiger partial charge in [0.2, 0.25) is 0 Å². The van der Waals surface area contributed by atoms with Crippen LogP contribution in [0.2, 0.25) is 0 Å². The van der Waals surface area contributed by atoms with Crippen LogP contribution in [-0.4, -0.2) is 0 Å². The lowest BCUT2D eigenvalue weighted by Crippen LogP contribution is -2.23. The van der Waals surface area contributed by atoms with Gasteiger partial charge in [-0.3, -0.25) is 0 Å². The van der Waals surface area contributed by atoms with Crippen molar-refractivity contribution in [2.45, 2.75) is 26.2 Å². The smallest absolute Gasteiger partial charge is 0.0190 e. The third kappa shape index (κ3) is 2.51. The fourth-order valence-corrected chi connectivity index (χ4v) is 4.92. The van der Waals surface area contributed by atoms with E-state index < -0.39 is 0 Å². The lowest BCUT2D eigenvalue weighted by atomic mass is 9.68. The molecule has 27 heavy (non-hydrogen) atoms. The summed E-state index contributed by atoms with van der Waals surface area (Å²) in [6.07, 6.45) is 5.86. The Labute approximate surface area is 161 Å². The monoisotopic (exact) mass is 348 g/mol. The van der Waals surface area contributed by atoms with E-state index in [4.69, 9.17) is 0 Å².